The molecule has 0 aliphatic heterocycles. The summed E-state index contributed by atoms with van der Waals surface area (Å²) in [5.41, 5.74) is 4.91. The first-order valence-electron chi connectivity index (χ1n) is 8.49. The number of nitrogens with zero attached hydrogens (tertiary/aromatic N) is 2. The smallest absolute Gasteiger partial charge is 0.270 e. The van der Waals surface area contributed by atoms with Crippen LogP contribution in [-0.2, 0) is 4.79 Å². The minimum atomic E-state index is -0.463. The number of aryl methyl sites for hydroxylation is 1. The number of amides is 1. The number of hydrazone groups is 1. The summed E-state index contributed by atoms with van der Waals surface area (Å²) in [4.78, 5) is 22.3. The van der Waals surface area contributed by atoms with Crippen molar-refractivity contribution in [1.82, 2.24) is 5.43 Å². The Kier molecular flexibility index (Phi) is 5.81. The lowest BCUT2D eigenvalue weighted by atomic mass is 10.1. The Morgan fingerprint density at radius 1 is 1.18 bits per heavy atom. The van der Waals surface area contributed by atoms with Gasteiger partial charge in [0.15, 0.2) is 0 Å². The van der Waals surface area contributed by atoms with Gasteiger partial charge in [-0.25, -0.2) is 5.43 Å². The van der Waals surface area contributed by atoms with Crippen LogP contribution in [0.15, 0.2) is 70.2 Å². The Morgan fingerprint density at radius 3 is 2.79 bits per heavy atom. The molecule has 0 unspecified atom stereocenters. The number of anilines is 1. The van der Waals surface area contributed by atoms with Crippen molar-refractivity contribution in [1.29, 1.82) is 0 Å². The fourth-order valence-electron chi connectivity index (χ4n) is 2.50. The molecule has 0 spiro atoms. The van der Waals surface area contributed by atoms with Gasteiger partial charge in [0.2, 0.25) is 0 Å². The second kappa shape index (κ2) is 8.63. The zero-order valence-corrected chi connectivity index (χ0v) is 15.1. The molecular formula is C20H18N4O4. The summed E-state index contributed by atoms with van der Waals surface area (Å²) in [5.74, 6) is 0.580. The number of non-ortho nitro benzene ring substituents is 1. The third-order valence-electron chi connectivity index (χ3n) is 3.93. The first-order chi connectivity index (χ1) is 13.5. The molecular weight excluding hydrogens is 360 g/mol. The van der Waals surface area contributed by atoms with E-state index >= 15 is 0 Å². The molecule has 0 aliphatic carbocycles. The molecule has 0 saturated heterocycles. The first-order valence-corrected chi connectivity index (χ1v) is 8.49. The van der Waals surface area contributed by atoms with E-state index in [0.717, 1.165) is 11.3 Å². The van der Waals surface area contributed by atoms with Crippen LogP contribution in [0, 0.1) is 17.0 Å². The highest BCUT2D eigenvalue weighted by Gasteiger charge is 2.09. The van der Waals surface area contributed by atoms with Gasteiger partial charge in [-0.2, -0.15) is 5.10 Å². The van der Waals surface area contributed by atoms with Gasteiger partial charge in [0.05, 0.1) is 17.7 Å². The summed E-state index contributed by atoms with van der Waals surface area (Å²) in [7, 11) is 0. The lowest BCUT2D eigenvalue weighted by molar-refractivity contribution is -0.384. The minimum absolute atomic E-state index is 0.0162. The van der Waals surface area contributed by atoms with E-state index in [4.69, 9.17) is 4.42 Å². The van der Waals surface area contributed by atoms with Crippen molar-refractivity contribution < 1.29 is 14.1 Å². The number of carbonyl (C=O) groups is 1. The second-order valence-electron chi connectivity index (χ2n) is 5.97. The standard InChI is InChI=1S/C20H18N4O4/c1-14-5-2-3-8-18(14)21-13-20(25)23-22-12-17-9-10-19(28-17)15-6-4-7-16(11-15)24(26)27/h2-12,21H,13H2,1H3,(H,23,25)/b22-12-. The molecule has 0 bridgehead atoms. The van der Waals surface area contributed by atoms with Gasteiger partial charge >= 0.3 is 0 Å². The van der Waals surface area contributed by atoms with Crippen LogP contribution in [0.3, 0.4) is 0 Å². The Hall–Kier alpha value is -3.94. The van der Waals surface area contributed by atoms with Crippen LogP contribution in [0.4, 0.5) is 11.4 Å². The number of rotatable bonds is 7. The quantitative estimate of drug-likeness (QED) is 0.370. The fraction of sp³-hybridized carbons (Fsp3) is 0.100. The van der Waals surface area contributed by atoms with E-state index in [1.807, 2.05) is 31.2 Å². The van der Waals surface area contributed by atoms with Gasteiger partial charge in [-0.3, -0.25) is 14.9 Å². The highest BCUT2D eigenvalue weighted by molar-refractivity contribution is 5.83. The summed E-state index contributed by atoms with van der Waals surface area (Å²) < 4.78 is 5.59. The van der Waals surface area contributed by atoms with E-state index in [-0.39, 0.29) is 18.1 Å². The predicted molar refractivity (Wildman–Crippen MR) is 106 cm³/mol. The summed E-state index contributed by atoms with van der Waals surface area (Å²) in [6.07, 6.45) is 1.37. The summed E-state index contributed by atoms with van der Waals surface area (Å²) in [6, 6.07) is 17.2. The fourth-order valence-corrected chi connectivity index (χ4v) is 2.50. The molecule has 0 aliphatic rings. The van der Waals surface area contributed by atoms with Gasteiger partial charge in [-0.1, -0.05) is 30.3 Å². The number of para-hydroxylation sites is 1. The third kappa shape index (κ3) is 4.82. The summed E-state index contributed by atoms with van der Waals surface area (Å²) >= 11 is 0. The maximum Gasteiger partial charge on any atom is 0.270 e. The molecule has 1 heterocycles. The topological polar surface area (TPSA) is 110 Å². The molecule has 8 nitrogen and oxygen atoms in total. The lowest BCUT2D eigenvalue weighted by Crippen LogP contribution is -2.26. The zero-order chi connectivity index (χ0) is 19.9. The molecule has 2 N–H and O–H groups in total. The van der Waals surface area contributed by atoms with Gasteiger partial charge in [0, 0.05) is 23.4 Å². The van der Waals surface area contributed by atoms with Crippen molar-refractivity contribution in [2.45, 2.75) is 6.92 Å². The molecule has 142 valence electrons. The van der Waals surface area contributed by atoms with Gasteiger partial charge in [-0.05, 0) is 30.7 Å². The van der Waals surface area contributed by atoms with E-state index < -0.39 is 4.92 Å². The van der Waals surface area contributed by atoms with Crippen molar-refractivity contribution in [3.05, 3.63) is 82.1 Å². The lowest BCUT2D eigenvalue weighted by Gasteiger charge is -2.07. The van der Waals surface area contributed by atoms with E-state index in [1.54, 1.807) is 24.3 Å². The van der Waals surface area contributed by atoms with E-state index in [1.165, 1.54) is 18.3 Å². The van der Waals surface area contributed by atoms with Crippen molar-refractivity contribution in [3.8, 4) is 11.3 Å². The molecule has 28 heavy (non-hydrogen) atoms. The third-order valence-corrected chi connectivity index (χ3v) is 3.93. The maximum absolute atomic E-state index is 11.9. The van der Waals surface area contributed by atoms with Gasteiger partial charge < -0.3 is 9.73 Å². The Labute approximate surface area is 161 Å². The van der Waals surface area contributed by atoms with Crippen molar-refractivity contribution in [2.24, 2.45) is 5.10 Å². The predicted octanol–water partition coefficient (Wildman–Crippen LogP) is 3.73. The maximum atomic E-state index is 11.9. The van der Waals surface area contributed by atoms with Crippen LogP contribution in [0.5, 0.6) is 0 Å². The molecule has 0 fully saturated rings. The van der Waals surface area contributed by atoms with Crippen LogP contribution < -0.4 is 10.7 Å². The number of hydrogen-bond donors (Lipinski definition) is 2. The SMILES string of the molecule is Cc1ccccc1NCC(=O)N/N=C\c1ccc(-c2cccc([N+](=O)[O-])c2)o1. The molecule has 8 heteroatoms. The van der Waals surface area contributed by atoms with Crippen LogP contribution in [-0.4, -0.2) is 23.6 Å². The van der Waals surface area contributed by atoms with E-state index in [9.17, 15) is 14.9 Å². The Balaban J connectivity index is 1.55. The highest BCUT2D eigenvalue weighted by atomic mass is 16.6. The molecule has 0 radical (unpaired) electrons. The van der Waals surface area contributed by atoms with Crippen LogP contribution in [0.25, 0.3) is 11.3 Å². The Bertz CT molecular complexity index is 1030. The molecule has 2 aromatic carbocycles. The average Bonchev–Trinajstić information content (AvgIpc) is 3.16. The summed E-state index contributed by atoms with van der Waals surface area (Å²) in [5, 5.41) is 17.8. The monoisotopic (exact) mass is 378 g/mol. The van der Waals surface area contributed by atoms with Crippen LogP contribution in [0.1, 0.15) is 11.3 Å². The van der Waals surface area contributed by atoms with E-state index in [2.05, 4.69) is 15.8 Å². The molecule has 3 aromatic rings. The number of benzene rings is 2. The molecule has 1 amide bonds. The molecule has 0 atom stereocenters. The summed E-state index contributed by atoms with van der Waals surface area (Å²) in [6.45, 7) is 2.04. The number of nitrogens with one attached hydrogen (secondary N) is 2. The van der Waals surface area contributed by atoms with Crippen molar-refractivity contribution >= 4 is 23.5 Å². The van der Waals surface area contributed by atoms with Gasteiger partial charge in [0.25, 0.3) is 11.6 Å². The zero-order valence-electron chi connectivity index (χ0n) is 15.1. The second-order valence-corrected chi connectivity index (χ2v) is 5.97. The number of nitro groups is 1. The van der Waals surface area contributed by atoms with Gasteiger partial charge in [0.1, 0.15) is 11.5 Å². The average molecular weight is 378 g/mol. The molecule has 1 aromatic heterocycles. The molecule has 0 saturated carbocycles. The minimum Gasteiger partial charge on any atom is -0.455 e. The van der Waals surface area contributed by atoms with Crippen LogP contribution >= 0.6 is 0 Å². The normalized spacial score (nSPS) is 10.8. The van der Waals surface area contributed by atoms with E-state index in [0.29, 0.717) is 17.1 Å². The number of nitro benzene ring substituents is 1. The molecule has 3 rings (SSSR count). The highest BCUT2D eigenvalue weighted by Crippen LogP contribution is 2.25. The first kappa shape index (κ1) is 18.8. The Morgan fingerprint density at radius 2 is 2.00 bits per heavy atom. The largest absolute Gasteiger partial charge is 0.455 e. The van der Waals surface area contributed by atoms with Crippen LogP contribution in [0.2, 0.25) is 0 Å². The van der Waals surface area contributed by atoms with Crippen molar-refractivity contribution in [3.63, 3.8) is 0 Å². The number of hydrogen-bond acceptors (Lipinski definition) is 6. The van der Waals surface area contributed by atoms with Gasteiger partial charge in [-0.15, -0.1) is 0 Å². The number of carbonyl (C=O) groups excluding carboxylic acids is 1. The number of furan rings is 1. The van der Waals surface area contributed by atoms with Crippen molar-refractivity contribution in [2.75, 3.05) is 11.9 Å².